The maximum Gasteiger partial charge on any atom is 0.223 e. The van der Waals surface area contributed by atoms with Crippen molar-refractivity contribution in [2.45, 2.75) is 57.5 Å². The molecule has 1 amide bonds. The highest BCUT2D eigenvalue weighted by molar-refractivity contribution is 5.79. The predicted octanol–water partition coefficient (Wildman–Crippen LogP) is 2.65. The average molecular weight is 304 g/mol. The van der Waals surface area contributed by atoms with Crippen molar-refractivity contribution >= 4 is 5.91 Å². The highest BCUT2D eigenvalue weighted by Crippen LogP contribution is 2.23. The summed E-state index contributed by atoms with van der Waals surface area (Å²) in [6.45, 7) is 2.07. The van der Waals surface area contributed by atoms with E-state index in [1.807, 2.05) is 12.1 Å². The molecule has 3 unspecified atom stereocenters. The highest BCUT2D eigenvalue weighted by Gasteiger charge is 2.25. The molecule has 1 fully saturated rings. The van der Waals surface area contributed by atoms with Gasteiger partial charge in [0.15, 0.2) is 0 Å². The number of nitrogens with two attached hydrogens (primary N) is 1. The van der Waals surface area contributed by atoms with Gasteiger partial charge in [-0.2, -0.15) is 0 Å². The number of methoxy groups -OCH3 is 1. The number of nitrogens with one attached hydrogen (secondary N) is 1. The SMILES string of the molecule is COc1ccc(CCC(C)NC(=O)C2CCCC(N)C2)cc1. The maximum atomic E-state index is 12.3. The fourth-order valence-electron chi connectivity index (χ4n) is 3.07. The molecule has 0 saturated heterocycles. The molecule has 0 bridgehead atoms. The number of hydrogen-bond acceptors (Lipinski definition) is 3. The molecule has 0 aliphatic heterocycles. The van der Waals surface area contributed by atoms with E-state index in [1.54, 1.807) is 7.11 Å². The van der Waals surface area contributed by atoms with Crippen LogP contribution < -0.4 is 15.8 Å². The van der Waals surface area contributed by atoms with Crippen LogP contribution in [0, 0.1) is 5.92 Å². The topological polar surface area (TPSA) is 64.3 Å². The smallest absolute Gasteiger partial charge is 0.223 e. The van der Waals surface area contributed by atoms with Crippen LogP contribution in [0.1, 0.15) is 44.6 Å². The molecule has 3 atom stereocenters. The molecule has 1 aromatic carbocycles. The Morgan fingerprint density at radius 3 is 2.73 bits per heavy atom. The molecule has 0 radical (unpaired) electrons. The first-order chi connectivity index (χ1) is 10.6. The minimum absolute atomic E-state index is 0.104. The summed E-state index contributed by atoms with van der Waals surface area (Å²) < 4.78 is 5.16. The number of aryl methyl sites for hydroxylation is 1. The van der Waals surface area contributed by atoms with Gasteiger partial charge in [-0.05, 0) is 56.7 Å². The van der Waals surface area contributed by atoms with Gasteiger partial charge in [0.05, 0.1) is 7.11 Å². The zero-order valence-electron chi connectivity index (χ0n) is 13.7. The van der Waals surface area contributed by atoms with Gasteiger partial charge in [0, 0.05) is 18.0 Å². The molecule has 0 spiro atoms. The van der Waals surface area contributed by atoms with Gasteiger partial charge < -0.3 is 15.8 Å². The lowest BCUT2D eigenvalue weighted by Crippen LogP contribution is -2.41. The fourth-order valence-corrected chi connectivity index (χ4v) is 3.07. The monoisotopic (exact) mass is 304 g/mol. The zero-order chi connectivity index (χ0) is 15.9. The third-order valence-electron chi connectivity index (χ3n) is 4.50. The average Bonchev–Trinajstić information content (AvgIpc) is 2.53. The van der Waals surface area contributed by atoms with Gasteiger partial charge >= 0.3 is 0 Å². The molecule has 4 nitrogen and oxygen atoms in total. The van der Waals surface area contributed by atoms with Crippen molar-refractivity contribution in [2.24, 2.45) is 11.7 Å². The van der Waals surface area contributed by atoms with Crippen molar-refractivity contribution in [3.05, 3.63) is 29.8 Å². The summed E-state index contributed by atoms with van der Waals surface area (Å²) in [7, 11) is 1.67. The number of benzene rings is 1. The normalized spacial score (nSPS) is 22.9. The Balaban J connectivity index is 1.74. The van der Waals surface area contributed by atoms with Crippen molar-refractivity contribution in [1.82, 2.24) is 5.32 Å². The molecule has 4 heteroatoms. The molecule has 0 aromatic heterocycles. The standard InChI is InChI=1S/C18H28N2O2/c1-13(6-7-14-8-10-17(22-2)11-9-14)20-18(21)15-4-3-5-16(19)12-15/h8-11,13,15-16H,3-7,12,19H2,1-2H3,(H,20,21). The molecule has 3 N–H and O–H groups in total. The Labute approximate surface area is 133 Å². The van der Waals surface area contributed by atoms with E-state index in [9.17, 15) is 4.79 Å². The van der Waals surface area contributed by atoms with Gasteiger partial charge in [-0.1, -0.05) is 18.6 Å². The van der Waals surface area contributed by atoms with Crippen LogP contribution in [-0.4, -0.2) is 25.1 Å². The predicted molar refractivity (Wildman–Crippen MR) is 88.9 cm³/mol. The van der Waals surface area contributed by atoms with Crippen molar-refractivity contribution in [1.29, 1.82) is 0 Å². The van der Waals surface area contributed by atoms with Gasteiger partial charge in [0.2, 0.25) is 5.91 Å². The molecule has 1 aliphatic carbocycles. The van der Waals surface area contributed by atoms with Crippen molar-refractivity contribution in [2.75, 3.05) is 7.11 Å². The summed E-state index contributed by atoms with van der Waals surface area (Å²) in [6, 6.07) is 8.48. The lowest BCUT2D eigenvalue weighted by Gasteiger charge is -2.27. The van der Waals surface area contributed by atoms with Crippen LogP contribution in [0.5, 0.6) is 5.75 Å². The Morgan fingerprint density at radius 2 is 2.09 bits per heavy atom. The molecule has 122 valence electrons. The zero-order valence-corrected chi connectivity index (χ0v) is 13.7. The second kappa shape index (κ2) is 8.18. The van der Waals surface area contributed by atoms with Gasteiger partial charge in [0.1, 0.15) is 5.75 Å². The molecular weight excluding hydrogens is 276 g/mol. The molecule has 1 aliphatic rings. The van der Waals surface area contributed by atoms with Crippen LogP contribution in [0.3, 0.4) is 0 Å². The van der Waals surface area contributed by atoms with Crippen LogP contribution in [0.25, 0.3) is 0 Å². The second-order valence-electron chi connectivity index (χ2n) is 6.42. The van der Waals surface area contributed by atoms with Crippen molar-refractivity contribution in [3.8, 4) is 5.75 Å². The molecule has 1 saturated carbocycles. The Hall–Kier alpha value is -1.55. The van der Waals surface area contributed by atoms with E-state index in [-0.39, 0.29) is 23.9 Å². The lowest BCUT2D eigenvalue weighted by molar-refractivity contribution is -0.126. The van der Waals surface area contributed by atoms with E-state index in [1.165, 1.54) is 5.56 Å². The molecular formula is C18H28N2O2. The summed E-state index contributed by atoms with van der Waals surface area (Å²) >= 11 is 0. The van der Waals surface area contributed by atoms with E-state index in [0.29, 0.717) is 0 Å². The highest BCUT2D eigenvalue weighted by atomic mass is 16.5. The Morgan fingerprint density at radius 1 is 1.36 bits per heavy atom. The number of hydrogen-bond donors (Lipinski definition) is 2. The van der Waals surface area contributed by atoms with Crippen LogP contribution >= 0.6 is 0 Å². The van der Waals surface area contributed by atoms with Crippen LogP contribution in [0.2, 0.25) is 0 Å². The Kier molecular flexibility index (Phi) is 6.25. The molecule has 1 aromatic rings. The van der Waals surface area contributed by atoms with Crippen LogP contribution in [0.15, 0.2) is 24.3 Å². The largest absolute Gasteiger partial charge is 0.497 e. The molecule has 22 heavy (non-hydrogen) atoms. The van der Waals surface area contributed by atoms with Crippen molar-refractivity contribution in [3.63, 3.8) is 0 Å². The molecule has 0 heterocycles. The number of amides is 1. The summed E-state index contributed by atoms with van der Waals surface area (Å²) in [6.07, 6.45) is 5.82. The fraction of sp³-hybridized carbons (Fsp3) is 0.611. The minimum Gasteiger partial charge on any atom is -0.497 e. The summed E-state index contributed by atoms with van der Waals surface area (Å²) in [5, 5.41) is 3.14. The number of carbonyl (C=O) groups is 1. The van der Waals surface area contributed by atoms with Gasteiger partial charge in [-0.25, -0.2) is 0 Å². The quantitative estimate of drug-likeness (QED) is 0.849. The first-order valence-electron chi connectivity index (χ1n) is 8.27. The van der Waals surface area contributed by atoms with E-state index in [2.05, 4.69) is 24.4 Å². The van der Waals surface area contributed by atoms with Crippen LogP contribution in [0.4, 0.5) is 0 Å². The van der Waals surface area contributed by atoms with E-state index < -0.39 is 0 Å². The third-order valence-corrected chi connectivity index (χ3v) is 4.50. The van der Waals surface area contributed by atoms with Gasteiger partial charge in [0.25, 0.3) is 0 Å². The summed E-state index contributed by atoms with van der Waals surface area (Å²) in [5.41, 5.74) is 7.23. The number of rotatable bonds is 6. The van der Waals surface area contributed by atoms with E-state index in [4.69, 9.17) is 10.5 Å². The summed E-state index contributed by atoms with van der Waals surface area (Å²) in [4.78, 5) is 12.3. The van der Waals surface area contributed by atoms with E-state index >= 15 is 0 Å². The molecule has 2 rings (SSSR count). The number of ether oxygens (including phenoxy) is 1. The summed E-state index contributed by atoms with van der Waals surface area (Å²) in [5.74, 6) is 1.16. The lowest BCUT2D eigenvalue weighted by atomic mass is 9.85. The van der Waals surface area contributed by atoms with Gasteiger partial charge in [-0.15, -0.1) is 0 Å². The Bertz CT molecular complexity index is 472. The minimum atomic E-state index is 0.104. The second-order valence-corrected chi connectivity index (χ2v) is 6.42. The van der Waals surface area contributed by atoms with Crippen LogP contribution in [-0.2, 0) is 11.2 Å². The first-order valence-corrected chi connectivity index (χ1v) is 8.27. The third kappa shape index (κ3) is 5.02. The maximum absolute atomic E-state index is 12.3. The first kappa shape index (κ1) is 16.8. The van der Waals surface area contributed by atoms with Crippen molar-refractivity contribution < 1.29 is 9.53 Å². The number of carbonyl (C=O) groups excluding carboxylic acids is 1. The van der Waals surface area contributed by atoms with Gasteiger partial charge in [-0.3, -0.25) is 4.79 Å². The van der Waals surface area contributed by atoms with E-state index in [0.717, 1.165) is 44.3 Å².